The van der Waals surface area contributed by atoms with Crippen LogP contribution in [0, 0.1) is 0 Å². The van der Waals surface area contributed by atoms with Gasteiger partial charge in [0, 0.05) is 18.5 Å². The Morgan fingerprint density at radius 2 is 2.04 bits per heavy atom. The SMILES string of the molecule is O=C(NOCc1ccc(C(F)(F)F)cc1)c1cnc2n(c1=O)CCS2. The summed E-state index contributed by atoms with van der Waals surface area (Å²) < 4.78 is 38.8. The maximum Gasteiger partial charge on any atom is 0.416 e. The van der Waals surface area contributed by atoms with E-state index in [4.69, 9.17) is 4.84 Å². The van der Waals surface area contributed by atoms with Gasteiger partial charge in [0.1, 0.15) is 5.56 Å². The van der Waals surface area contributed by atoms with Crippen LogP contribution in [0.25, 0.3) is 0 Å². The van der Waals surface area contributed by atoms with Crippen molar-refractivity contribution in [3.63, 3.8) is 0 Å². The Bertz CT molecular complexity index is 850. The zero-order valence-electron chi connectivity index (χ0n) is 12.7. The van der Waals surface area contributed by atoms with E-state index in [1.165, 1.54) is 34.7 Å². The molecule has 10 heteroatoms. The number of thioether (sulfide) groups is 1. The van der Waals surface area contributed by atoms with Gasteiger partial charge in [0.25, 0.3) is 11.5 Å². The Morgan fingerprint density at radius 3 is 2.72 bits per heavy atom. The van der Waals surface area contributed by atoms with Crippen LogP contribution in [0.4, 0.5) is 13.2 Å². The highest BCUT2D eigenvalue weighted by Gasteiger charge is 2.29. The normalized spacial score (nSPS) is 13.6. The fourth-order valence-electron chi connectivity index (χ4n) is 2.20. The molecule has 1 aliphatic rings. The van der Waals surface area contributed by atoms with Crippen molar-refractivity contribution in [2.24, 2.45) is 0 Å². The Balaban J connectivity index is 1.59. The van der Waals surface area contributed by atoms with E-state index in [1.54, 1.807) is 0 Å². The molecule has 0 fully saturated rings. The zero-order chi connectivity index (χ0) is 18.0. The fraction of sp³-hybridized carbons (Fsp3) is 0.267. The van der Waals surface area contributed by atoms with Crippen molar-refractivity contribution in [1.29, 1.82) is 0 Å². The van der Waals surface area contributed by atoms with Gasteiger partial charge in [0.2, 0.25) is 0 Å². The van der Waals surface area contributed by atoms with Gasteiger partial charge in [-0.1, -0.05) is 23.9 Å². The molecule has 132 valence electrons. The van der Waals surface area contributed by atoms with E-state index >= 15 is 0 Å². The van der Waals surface area contributed by atoms with Crippen molar-refractivity contribution in [3.05, 3.63) is 57.5 Å². The van der Waals surface area contributed by atoms with Crippen LogP contribution in [0.15, 0.2) is 40.4 Å². The van der Waals surface area contributed by atoms with Crippen LogP contribution in [-0.2, 0) is 24.2 Å². The summed E-state index contributed by atoms with van der Waals surface area (Å²) in [4.78, 5) is 33.2. The van der Waals surface area contributed by atoms with Crippen molar-refractivity contribution in [2.75, 3.05) is 5.75 Å². The number of fused-ring (bicyclic) bond motifs is 1. The second-order valence-corrected chi connectivity index (χ2v) is 6.24. The maximum atomic E-state index is 12.5. The van der Waals surface area contributed by atoms with Gasteiger partial charge in [-0.25, -0.2) is 10.5 Å². The van der Waals surface area contributed by atoms with Crippen LogP contribution in [-0.4, -0.2) is 21.2 Å². The summed E-state index contributed by atoms with van der Waals surface area (Å²) in [7, 11) is 0. The number of hydrogen-bond donors (Lipinski definition) is 1. The molecule has 0 saturated carbocycles. The number of carbonyl (C=O) groups excluding carboxylic acids is 1. The minimum atomic E-state index is -4.41. The first-order valence-electron chi connectivity index (χ1n) is 7.17. The molecule has 0 spiro atoms. The van der Waals surface area contributed by atoms with Gasteiger partial charge in [-0.2, -0.15) is 13.2 Å². The maximum absolute atomic E-state index is 12.5. The van der Waals surface area contributed by atoms with Gasteiger partial charge in [0.05, 0.1) is 12.2 Å². The topological polar surface area (TPSA) is 73.2 Å². The predicted molar refractivity (Wildman–Crippen MR) is 82.9 cm³/mol. The van der Waals surface area contributed by atoms with Crippen molar-refractivity contribution < 1.29 is 22.8 Å². The summed E-state index contributed by atoms with van der Waals surface area (Å²) in [5.41, 5.74) is 1.17. The van der Waals surface area contributed by atoms with E-state index in [2.05, 4.69) is 10.5 Å². The van der Waals surface area contributed by atoms with E-state index in [1.807, 2.05) is 0 Å². The van der Waals surface area contributed by atoms with Crippen molar-refractivity contribution in [1.82, 2.24) is 15.0 Å². The summed E-state index contributed by atoms with van der Waals surface area (Å²) >= 11 is 1.43. The molecule has 1 aliphatic heterocycles. The highest BCUT2D eigenvalue weighted by Crippen LogP contribution is 2.29. The Hall–Kier alpha value is -2.33. The summed E-state index contributed by atoms with van der Waals surface area (Å²) in [5.74, 6) is -0.0332. The number of amides is 1. The number of rotatable bonds is 4. The number of halogens is 3. The monoisotopic (exact) mass is 371 g/mol. The van der Waals surface area contributed by atoms with Gasteiger partial charge < -0.3 is 0 Å². The summed E-state index contributed by atoms with van der Waals surface area (Å²) in [5, 5.41) is 0.562. The molecule has 2 heterocycles. The average molecular weight is 371 g/mol. The van der Waals surface area contributed by atoms with Gasteiger partial charge in [-0.3, -0.25) is 19.0 Å². The molecule has 0 bridgehead atoms. The third kappa shape index (κ3) is 3.85. The molecule has 0 saturated heterocycles. The fourth-order valence-corrected chi connectivity index (χ4v) is 3.12. The third-order valence-electron chi connectivity index (χ3n) is 3.49. The van der Waals surface area contributed by atoms with Gasteiger partial charge in [-0.15, -0.1) is 0 Å². The smallest absolute Gasteiger partial charge is 0.286 e. The molecule has 1 N–H and O–H groups in total. The lowest BCUT2D eigenvalue weighted by Crippen LogP contribution is -2.33. The summed E-state index contributed by atoms with van der Waals surface area (Å²) in [6.07, 6.45) is -3.22. The van der Waals surface area contributed by atoms with E-state index < -0.39 is 23.2 Å². The Labute approximate surface area is 144 Å². The predicted octanol–water partition coefficient (Wildman–Crippen LogP) is 2.23. The number of hydrogen-bond acceptors (Lipinski definition) is 5. The number of hydroxylamine groups is 1. The van der Waals surface area contributed by atoms with Gasteiger partial charge in [-0.05, 0) is 17.7 Å². The largest absolute Gasteiger partial charge is 0.416 e. The van der Waals surface area contributed by atoms with Crippen LogP contribution in [0.2, 0.25) is 0 Å². The molecule has 0 unspecified atom stereocenters. The highest BCUT2D eigenvalue weighted by atomic mass is 32.2. The van der Waals surface area contributed by atoms with Crippen LogP contribution in [0.1, 0.15) is 21.5 Å². The van der Waals surface area contributed by atoms with Crippen LogP contribution in [0.3, 0.4) is 0 Å². The first kappa shape index (κ1) is 17.5. The molecule has 6 nitrogen and oxygen atoms in total. The molecule has 3 rings (SSSR count). The molecular formula is C15H12F3N3O3S. The van der Waals surface area contributed by atoms with Gasteiger partial charge in [0.15, 0.2) is 5.16 Å². The standard InChI is InChI=1S/C15H12F3N3O3S/c16-15(17,18)10-3-1-9(2-4-10)8-24-20-12(22)11-7-19-14-21(13(11)23)5-6-25-14/h1-4,7H,5-6,8H2,(H,20,22). The highest BCUT2D eigenvalue weighted by molar-refractivity contribution is 7.99. The Morgan fingerprint density at radius 1 is 1.32 bits per heavy atom. The molecule has 25 heavy (non-hydrogen) atoms. The molecule has 1 aromatic carbocycles. The first-order valence-corrected chi connectivity index (χ1v) is 8.16. The molecular weight excluding hydrogens is 359 g/mol. The Kier molecular flexibility index (Phi) is 4.82. The first-order chi connectivity index (χ1) is 11.9. The van der Waals surface area contributed by atoms with Crippen LogP contribution in [0.5, 0.6) is 0 Å². The van der Waals surface area contributed by atoms with Crippen molar-refractivity contribution in [2.45, 2.75) is 24.5 Å². The molecule has 0 atom stereocenters. The third-order valence-corrected chi connectivity index (χ3v) is 4.46. The number of benzene rings is 1. The quantitative estimate of drug-likeness (QED) is 0.659. The summed E-state index contributed by atoms with van der Waals surface area (Å²) in [6, 6.07) is 4.35. The minimum absolute atomic E-state index is 0.139. The zero-order valence-corrected chi connectivity index (χ0v) is 13.5. The average Bonchev–Trinajstić information content (AvgIpc) is 3.04. The lowest BCUT2D eigenvalue weighted by atomic mass is 10.1. The second kappa shape index (κ2) is 6.89. The second-order valence-electron chi connectivity index (χ2n) is 5.17. The van der Waals surface area contributed by atoms with Crippen LogP contribution >= 0.6 is 11.8 Å². The van der Waals surface area contributed by atoms with Crippen molar-refractivity contribution in [3.8, 4) is 0 Å². The van der Waals surface area contributed by atoms with E-state index in [-0.39, 0.29) is 12.2 Å². The molecule has 1 aromatic heterocycles. The van der Waals surface area contributed by atoms with E-state index in [9.17, 15) is 22.8 Å². The lowest BCUT2D eigenvalue weighted by molar-refractivity contribution is -0.137. The lowest BCUT2D eigenvalue weighted by Gasteiger charge is -2.09. The number of nitrogens with zero attached hydrogens (tertiary/aromatic N) is 2. The van der Waals surface area contributed by atoms with E-state index in [0.717, 1.165) is 17.9 Å². The van der Waals surface area contributed by atoms with Crippen molar-refractivity contribution >= 4 is 17.7 Å². The van der Waals surface area contributed by atoms with Crippen LogP contribution < -0.4 is 11.0 Å². The number of carbonyl (C=O) groups is 1. The van der Waals surface area contributed by atoms with E-state index in [0.29, 0.717) is 17.3 Å². The molecule has 1 amide bonds. The van der Waals surface area contributed by atoms with Gasteiger partial charge >= 0.3 is 6.18 Å². The number of alkyl halides is 3. The molecule has 2 aromatic rings. The molecule has 0 aliphatic carbocycles. The number of nitrogens with one attached hydrogen (secondary N) is 1. The minimum Gasteiger partial charge on any atom is -0.286 e. The molecule has 0 radical (unpaired) electrons. The number of aromatic nitrogens is 2. The summed E-state index contributed by atoms with van der Waals surface area (Å²) in [6.45, 7) is 0.346.